The number of nitrogens with zero attached hydrogens (tertiary/aromatic N) is 2. The summed E-state index contributed by atoms with van der Waals surface area (Å²) in [4.78, 5) is 14.0. The van der Waals surface area contributed by atoms with Gasteiger partial charge in [-0.3, -0.25) is 4.79 Å². The molecular formula is C18H21N3O4. The number of phenolic OH excluding ortho intramolecular Hbond substituents is 3. The van der Waals surface area contributed by atoms with Crippen LogP contribution in [-0.4, -0.2) is 40.5 Å². The number of aromatic hydroxyl groups is 3. The number of phenols is 3. The molecule has 2 aromatic carbocycles. The minimum atomic E-state index is -0.596. The molecule has 1 amide bonds. The van der Waals surface area contributed by atoms with Crippen LogP contribution in [0.5, 0.6) is 17.2 Å². The Balaban J connectivity index is 2.07. The summed E-state index contributed by atoms with van der Waals surface area (Å²) in [6, 6.07) is 8.75. The van der Waals surface area contributed by atoms with Gasteiger partial charge in [0.1, 0.15) is 17.2 Å². The molecule has 132 valence electrons. The number of carbonyl (C=O) groups is 1. The van der Waals surface area contributed by atoms with Crippen LogP contribution in [0.15, 0.2) is 41.5 Å². The average Bonchev–Trinajstić information content (AvgIpc) is 2.57. The Morgan fingerprint density at radius 1 is 1.08 bits per heavy atom. The van der Waals surface area contributed by atoms with Gasteiger partial charge in [-0.2, -0.15) is 5.10 Å². The summed E-state index contributed by atoms with van der Waals surface area (Å²) in [6.07, 6.45) is 1.32. The van der Waals surface area contributed by atoms with Crippen molar-refractivity contribution in [3.63, 3.8) is 0 Å². The van der Waals surface area contributed by atoms with Gasteiger partial charge in [0.15, 0.2) is 0 Å². The van der Waals surface area contributed by atoms with Crippen molar-refractivity contribution in [3.05, 3.63) is 47.5 Å². The molecule has 0 aliphatic carbocycles. The van der Waals surface area contributed by atoms with Gasteiger partial charge < -0.3 is 20.2 Å². The maximum Gasteiger partial charge on any atom is 0.271 e. The van der Waals surface area contributed by atoms with Gasteiger partial charge in [-0.15, -0.1) is 0 Å². The highest BCUT2D eigenvalue weighted by Gasteiger charge is 2.08. The minimum Gasteiger partial charge on any atom is -0.508 e. The number of hydrogen-bond donors (Lipinski definition) is 4. The van der Waals surface area contributed by atoms with E-state index in [0.717, 1.165) is 24.8 Å². The van der Waals surface area contributed by atoms with Gasteiger partial charge in [0.25, 0.3) is 5.91 Å². The quantitative estimate of drug-likeness (QED) is 0.476. The Kier molecular flexibility index (Phi) is 5.84. The molecule has 0 aliphatic rings. The second-order valence-electron chi connectivity index (χ2n) is 5.35. The summed E-state index contributed by atoms with van der Waals surface area (Å²) in [5.41, 5.74) is 3.70. The molecule has 0 spiro atoms. The lowest BCUT2D eigenvalue weighted by molar-refractivity contribution is 0.0954. The van der Waals surface area contributed by atoms with Gasteiger partial charge >= 0.3 is 0 Å². The second-order valence-corrected chi connectivity index (χ2v) is 5.35. The molecular weight excluding hydrogens is 322 g/mol. The molecule has 0 heterocycles. The number of amides is 1. The zero-order chi connectivity index (χ0) is 18.4. The first-order valence-electron chi connectivity index (χ1n) is 7.89. The predicted molar refractivity (Wildman–Crippen MR) is 96.5 cm³/mol. The van der Waals surface area contributed by atoms with Crippen molar-refractivity contribution in [2.24, 2.45) is 5.10 Å². The second kappa shape index (κ2) is 8.05. The summed E-state index contributed by atoms with van der Waals surface area (Å²) in [6.45, 7) is 5.72. The van der Waals surface area contributed by atoms with Gasteiger partial charge in [-0.1, -0.05) is 0 Å². The van der Waals surface area contributed by atoms with E-state index in [1.54, 1.807) is 12.1 Å². The molecule has 25 heavy (non-hydrogen) atoms. The van der Waals surface area contributed by atoms with Crippen LogP contribution < -0.4 is 10.3 Å². The molecule has 0 bridgehead atoms. The fourth-order valence-corrected chi connectivity index (χ4v) is 2.38. The Morgan fingerprint density at radius 3 is 2.28 bits per heavy atom. The standard InChI is InChI=1S/C18H21N3O4/c1-3-21(4-2)14-6-5-12(17(24)9-14)11-19-20-18(25)13-7-15(22)10-16(23)8-13/h5-11,22-24H,3-4H2,1-2H3,(H,20,25)/b19-11+. The maximum atomic E-state index is 11.9. The van der Waals surface area contributed by atoms with Crippen molar-refractivity contribution in [3.8, 4) is 17.2 Å². The monoisotopic (exact) mass is 343 g/mol. The number of benzene rings is 2. The SMILES string of the molecule is CCN(CC)c1ccc(/C=N/NC(=O)c2cc(O)cc(O)c2)c(O)c1. The molecule has 0 radical (unpaired) electrons. The topological polar surface area (TPSA) is 105 Å². The van der Waals surface area contributed by atoms with E-state index < -0.39 is 5.91 Å². The van der Waals surface area contributed by atoms with E-state index in [9.17, 15) is 20.1 Å². The van der Waals surface area contributed by atoms with E-state index in [-0.39, 0.29) is 22.8 Å². The third-order valence-electron chi connectivity index (χ3n) is 3.68. The molecule has 2 aromatic rings. The van der Waals surface area contributed by atoms with Gasteiger partial charge in [-0.05, 0) is 38.1 Å². The summed E-state index contributed by atoms with van der Waals surface area (Å²) in [5, 5.41) is 32.6. The molecule has 2 rings (SSSR count). The maximum absolute atomic E-state index is 11.9. The van der Waals surface area contributed by atoms with Crippen molar-refractivity contribution in [1.29, 1.82) is 0 Å². The van der Waals surface area contributed by atoms with Crippen LogP contribution in [0, 0.1) is 0 Å². The molecule has 0 saturated heterocycles. The minimum absolute atomic E-state index is 0.0531. The van der Waals surface area contributed by atoms with E-state index in [1.807, 2.05) is 19.9 Å². The van der Waals surface area contributed by atoms with Crippen LogP contribution in [0.3, 0.4) is 0 Å². The van der Waals surface area contributed by atoms with Crippen molar-refractivity contribution in [2.45, 2.75) is 13.8 Å². The third-order valence-corrected chi connectivity index (χ3v) is 3.68. The lowest BCUT2D eigenvalue weighted by Gasteiger charge is -2.21. The summed E-state index contributed by atoms with van der Waals surface area (Å²) < 4.78 is 0. The van der Waals surface area contributed by atoms with Crippen LogP contribution >= 0.6 is 0 Å². The fourth-order valence-electron chi connectivity index (χ4n) is 2.38. The van der Waals surface area contributed by atoms with Crippen LogP contribution in [0.1, 0.15) is 29.8 Å². The number of hydrazone groups is 1. The molecule has 0 aromatic heterocycles. The number of carbonyl (C=O) groups excluding carboxylic acids is 1. The van der Waals surface area contributed by atoms with Gasteiger partial charge in [-0.25, -0.2) is 5.43 Å². The zero-order valence-electron chi connectivity index (χ0n) is 14.1. The molecule has 0 aliphatic heterocycles. The molecule has 0 atom stereocenters. The first kappa shape index (κ1) is 18.1. The van der Waals surface area contributed by atoms with E-state index in [4.69, 9.17) is 0 Å². The molecule has 7 nitrogen and oxygen atoms in total. The third kappa shape index (κ3) is 4.63. The Morgan fingerprint density at radius 2 is 1.72 bits per heavy atom. The lowest BCUT2D eigenvalue weighted by Crippen LogP contribution is -2.21. The van der Waals surface area contributed by atoms with E-state index >= 15 is 0 Å². The summed E-state index contributed by atoms with van der Waals surface area (Å²) in [5.74, 6) is -0.989. The fraction of sp³-hybridized carbons (Fsp3) is 0.222. The highest BCUT2D eigenvalue weighted by Crippen LogP contribution is 2.23. The lowest BCUT2D eigenvalue weighted by atomic mass is 10.2. The van der Waals surface area contributed by atoms with Crippen molar-refractivity contribution in [2.75, 3.05) is 18.0 Å². The zero-order valence-corrected chi connectivity index (χ0v) is 14.1. The molecule has 7 heteroatoms. The Bertz CT molecular complexity index is 766. The van der Waals surface area contributed by atoms with E-state index in [2.05, 4.69) is 15.4 Å². The van der Waals surface area contributed by atoms with E-state index in [0.29, 0.717) is 5.56 Å². The highest BCUT2D eigenvalue weighted by atomic mass is 16.3. The number of nitrogens with one attached hydrogen (secondary N) is 1. The van der Waals surface area contributed by atoms with Gasteiger partial charge in [0.05, 0.1) is 6.21 Å². The van der Waals surface area contributed by atoms with Crippen molar-refractivity contribution < 1.29 is 20.1 Å². The van der Waals surface area contributed by atoms with Crippen molar-refractivity contribution >= 4 is 17.8 Å². The smallest absolute Gasteiger partial charge is 0.271 e. The van der Waals surface area contributed by atoms with E-state index in [1.165, 1.54) is 18.3 Å². The van der Waals surface area contributed by atoms with Gasteiger partial charge in [0.2, 0.25) is 0 Å². The van der Waals surface area contributed by atoms with Crippen LogP contribution in [0.4, 0.5) is 5.69 Å². The molecule has 4 N–H and O–H groups in total. The number of rotatable bonds is 6. The van der Waals surface area contributed by atoms with Crippen LogP contribution in [0.2, 0.25) is 0 Å². The summed E-state index contributed by atoms with van der Waals surface area (Å²) >= 11 is 0. The summed E-state index contributed by atoms with van der Waals surface area (Å²) in [7, 11) is 0. The predicted octanol–water partition coefficient (Wildman–Crippen LogP) is 2.41. The van der Waals surface area contributed by atoms with Crippen molar-refractivity contribution in [1.82, 2.24) is 5.43 Å². The first-order chi connectivity index (χ1) is 11.9. The van der Waals surface area contributed by atoms with Crippen LogP contribution in [0.25, 0.3) is 0 Å². The number of hydrogen-bond acceptors (Lipinski definition) is 6. The first-order valence-corrected chi connectivity index (χ1v) is 7.89. The highest BCUT2D eigenvalue weighted by molar-refractivity contribution is 5.95. The average molecular weight is 343 g/mol. The molecule has 0 saturated carbocycles. The molecule has 0 unspecified atom stereocenters. The van der Waals surface area contributed by atoms with Gasteiger partial charge in [0, 0.05) is 42.0 Å². The largest absolute Gasteiger partial charge is 0.508 e. The normalized spacial score (nSPS) is 10.8. The Hall–Kier alpha value is -3.22. The molecule has 0 fully saturated rings. The number of anilines is 1. The van der Waals surface area contributed by atoms with Crippen LogP contribution in [-0.2, 0) is 0 Å². The Labute approximate surface area is 145 Å².